The molecule has 0 atom stereocenters. The average Bonchev–Trinajstić information content (AvgIpc) is 2.49. The molecule has 0 aliphatic rings. The Morgan fingerprint density at radius 1 is 1.05 bits per heavy atom. The maximum atomic E-state index is 12.1. The highest BCUT2D eigenvalue weighted by Gasteiger charge is 2.05. The van der Waals surface area contributed by atoms with Crippen LogP contribution in [0.4, 0.5) is 11.4 Å². The Kier molecular flexibility index (Phi) is 5.38. The van der Waals surface area contributed by atoms with Crippen LogP contribution in [0.5, 0.6) is 0 Å². The van der Waals surface area contributed by atoms with Crippen molar-refractivity contribution in [3.63, 3.8) is 0 Å². The van der Waals surface area contributed by atoms with E-state index in [2.05, 4.69) is 17.6 Å². The first-order chi connectivity index (χ1) is 10.2. The molecular formula is C18H22N2O. The number of hydrogen-bond acceptors (Lipinski definition) is 2. The van der Waals surface area contributed by atoms with Crippen molar-refractivity contribution < 1.29 is 4.79 Å². The second kappa shape index (κ2) is 7.48. The predicted molar refractivity (Wildman–Crippen MR) is 89.0 cm³/mol. The number of benzene rings is 2. The summed E-state index contributed by atoms with van der Waals surface area (Å²) in [5.74, 6) is -0.0783. The zero-order valence-electron chi connectivity index (χ0n) is 12.6. The van der Waals surface area contributed by atoms with Gasteiger partial charge in [0.15, 0.2) is 0 Å². The van der Waals surface area contributed by atoms with Crippen molar-refractivity contribution in [1.82, 2.24) is 0 Å². The molecule has 0 saturated carbocycles. The number of nitrogens with one attached hydrogen (secondary N) is 2. The van der Waals surface area contributed by atoms with Crippen LogP contribution in [-0.2, 0) is 0 Å². The fourth-order valence-corrected chi connectivity index (χ4v) is 2.07. The number of amides is 1. The average molecular weight is 282 g/mol. The minimum atomic E-state index is -0.0783. The van der Waals surface area contributed by atoms with E-state index in [-0.39, 0.29) is 5.91 Å². The van der Waals surface area contributed by atoms with Gasteiger partial charge in [-0.2, -0.15) is 0 Å². The van der Waals surface area contributed by atoms with Gasteiger partial charge in [-0.15, -0.1) is 0 Å². The van der Waals surface area contributed by atoms with Crippen LogP contribution in [0.15, 0.2) is 48.5 Å². The predicted octanol–water partition coefficient (Wildman–Crippen LogP) is 4.46. The molecule has 0 unspecified atom stereocenters. The summed E-state index contributed by atoms with van der Waals surface area (Å²) in [5, 5.41) is 6.27. The van der Waals surface area contributed by atoms with Crippen molar-refractivity contribution in [3.8, 4) is 0 Å². The van der Waals surface area contributed by atoms with Gasteiger partial charge in [0, 0.05) is 23.5 Å². The fourth-order valence-electron chi connectivity index (χ4n) is 2.07. The quantitative estimate of drug-likeness (QED) is 0.768. The Hall–Kier alpha value is -2.29. The lowest BCUT2D eigenvalue weighted by Crippen LogP contribution is -2.12. The molecule has 1 amide bonds. The van der Waals surface area contributed by atoms with Crippen LogP contribution in [0.1, 0.15) is 35.7 Å². The van der Waals surface area contributed by atoms with Gasteiger partial charge in [-0.05, 0) is 49.7 Å². The number of hydrogen-bond donors (Lipinski definition) is 2. The van der Waals surface area contributed by atoms with Crippen LogP contribution >= 0.6 is 0 Å². The molecule has 0 aliphatic carbocycles. The maximum Gasteiger partial charge on any atom is 0.255 e. The van der Waals surface area contributed by atoms with Crippen molar-refractivity contribution in [3.05, 3.63) is 59.7 Å². The van der Waals surface area contributed by atoms with Crippen molar-refractivity contribution in [2.24, 2.45) is 0 Å². The lowest BCUT2D eigenvalue weighted by Gasteiger charge is -2.08. The molecule has 0 fully saturated rings. The Morgan fingerprint density at radius 3 is 2.43 bits per heavy atom. The number of anilines is 2. The van der Waals surface area contributed by atoms with Gasteiger partial charge in [-0.1, -0.05) is 31.0 Å². The van der Waals surface area contributed by atoms with Crippen molar-refractivity contribution in [2.45, 2.75) is 26.7 Å². The third-order valence-corrected chi connectivity index (χ3v) is 3.28. The van der Waals surface area contributed by atoms with Crippen LogP contribution in [0.25, 0.3) is 0 Å². The van der Waals surface area contributed by atoms with Gasteiger partial charge in [-0.25, -0.2) is 0 Å². The fraction of sp³-hybridized carbons (Fsp3) is 0.278. The first-order valence-corrected chi connectivity index (χ1v) is 7.41. The third-order valence-electron chi connectivity index (χ3n) is 3.28. The summed E-state index contributed by atoms with van der Waals surface area (Å²) < 4.78 is 0. The molecule has 0 spiro atoms. The van der Waals surface area contributed by atoms with Crippen LogP contribution in [0.2, 0.25) is 0 Å². The monoisotopic (exact) mass is 282 g/mol. The molecule has 0 aromatic heterocycles. The number of unbranched alkanes of at least 4 members (excludes halogenated alkanes) is 1. The molecule has 0 heterocycles. The lowest BCUT2D eigenvalue weighted by molar-refractivity contribution is 0.102. The highest BCUT2D eigenvalue weighted by molar-refractivity contribution is 6.04. The summed E-state index contributed by atoms with van der Waals surface area (Å²) in [6.45, 7) is 5.13. The SMILES string of the molecule is CCCCNc1ccc(NC(=O)c2cccc(C)c2)cc1. The van der Waals surface area contributed by atoms with Gasteiger partial charge in [0.2, 0.25) is 0 Å². The van der Waals surface area contributed by atoms with Gasteiger partial charge < -0.3 is 10.6 Å². The number of carbonyl (C=O) groups is 1. The van der Waals surface area contributed by atoms with Crippen LogP contribution in [0.3, 0.4) is 0 Å². The Labute approximate surface area is 126 Å². The van der Waals surface area contributed by atoms with E-state index in [0.29, 0.717) is 5.56 Å². The molecule has 2 rings (SSSR count). The van der Waals surface area contributed by atoms with Gasteiger partial charge in [0.1, 0.15) is 0 Å². The van der Waals surface area contributed by atoms with Gasteiger partial charge in [0.05, 0.1) is 0 Å². The second-order valence-corrected chi connectivity index (χ2v) is 5.18. The highest BCUT2D eigenvalue weighted by atomic mass is 16.1. The third kappa shape index (κ3) is 4.63. The zero-order chi connectivity index (χ0) is 15.1. The molecule has 3 nitrogen and oxygen atoms in total. The topological polar surface area (TPSA) is 41.1 Å². The molecule has 2 aromatic rings. The van der Waals surface area contributed by atoms with Crippen molar-refractivity contribution in [2.75, 3.05) is 17.2 Å². The maximum absolute atomic E-state index is 12.1. The molecule has 2 aromatic carbocycles. The molecule has 21 heavy (non-hydrogen) atoms. The first kappa shape index (κ1) is 15.1. The van der Waals surface area contributed by atoms with Crippen LogP contribution < -0.4 is 10.6 Å². The van der Waals surface area contributed by atoms with Crippen LogP contribution in [0, 0.1) is 6.92 Å². The number of aryl methyl sites for hydroxylation is 1. The Balaban J connectivity index is 1.95. The highest BCUT2D eigenvalue weighted by Crippen LogP contribution is 2.15. The van der Waals surface area contributed by atoms with Gasteiger partial charge in [-0.3, -0.25) is 4.79 Å². The van der Waals surface area contributed by atoms with Crippen LogP contribution in [-0.4, -0.2) is 12.5 Å². The van der Waals surface area contributed by atoms with Crippen molar-refractivity contribution in [1.29, 1.82) is 0 Å². The number of rotatable bonds is 6. The number of carbonyl (C=O) groups excluding carboxylic acids is 1. The Bertz CT molecular complexity index is 590. The summed E-state index contributed by atoms with van der Waals surface area (Å²) in [4.78, 5) is 12.1. The van der Waals surface area contributed by atoms with Crippen molar-refractivity contribution >= 4 is 17.3 Å². The Morgan fingerprint density at radius 2 is 1.76 bits per heavy atom. The van der Waals surface area contributed by atoms with E-state index in [1.54, 1.807) is 0 Å². The van der Waals surface area contributed by atoms with E-state index < -0.39 is 0 Å². The minimum absolute atomic E-state index is 0.0783. The normalized spacial score (nSPS) is 10.2. The molecule has 0 saturated heterocycles. The summed E-state index contributed by atoms with van der Waals surface area (Å²) >= 11 is 0. The smallest absolute Gasteiger partial charge is 0.255 e. The van der Waals surface area contributed by atoms with E-state index in [4.69, 9.17) is 0 Å². The zero-order valence-corrected chi connectivity index (χ0v) is 12.6. The van der Waals surface area contributed by atoms with E-state index in [1.807, 2.05) is 55.5 Å². The lowest BCUT2D eigenvalue weighted by atomic mass is 10.1. The largest absolute Gasteiger partial charge is 0.385 e. The summed E-state index contributed by atoms with van der Waals surface area (Å²) in [7, 11) is 0. The van der Waals surface area contributed by atoms with E-state index >= 15 is 0 Å². The molecule has 110 valence electrons. The second-order valence-electron chi connectivity index (χ2n) is 5.18. The summed E-state index contributed by atoms with van der Waals surface area (Å²) in [6.07, 6.45) is 2.34. The van der Waals surface area contributed by atoms with E-state index in [1.165, 1.54) is 6.42 Å². The minimum Gasteiger partial charge on any atom is -0.385 e. The first-order valence-electron chi connectivity index (χ1n) is 7.41. The molecule has 0 aliphatic heterocycles. The summed E-state index contributed by atoms with van der Waals surface area (Å²) in [5.41, 5.74) is 3.65. The molecular weight excluding hydrogens is 260 g/mol. The molecule has 3 heteroatoms. The van der Waals surface area contributed by atoms with Gasteiger partial charge >= 0.3 is 0 Å². The van der Waals surface area contributed by atoms with E-state index in [0.717, 1.165) is 29.9 Å². The molecule has 2 N–H and O–H groups in total. The molecule has 0 radical (unpaired) electrons. The summed E-state index contributed by atoms with van der Waals surface area (Å²) in [6, 6.07) is 15.4. The molecule has 0 bridgehead atoms. The standard InChI is InChI=1S/C18H22N2O/c1-3-4-12-19-16-8-10-17(11-9-16)20-18(21)15-7-5-6-14(2)13-15/h5-11,13,19H,3-4,12H2,1-2H3,(H,20,21). The van der Waals surface area contributed by atoms with E-state index in [9.17, 15) is 4.79 Å². The van der Waals surface area contributed by atoms with Gasteiger partial charge in [0.25, 0.3) is 5.91 Å².